The molecule has 4 rings (SSSR count). The van der Waals surface area contributed by atoms with E-state index in [0.717, 1.165) is 20.9 Å². The van der Waals surface area contributed by atoms with Gasteiger partial charge in [0, 0.05) is 5.21 Å². The maximum absolute atomic E-state index is 12.8. The van der Waals surface area contributed by atoms with Crippen LogP contribution < -0.4 is 4.74 Å². The lowest BCUT2D eigenvalue weighted by Gasteiger charge is -2.32. The molecular formula is C27H24N3O4. The van der Waals surface area contributed by atoms with Gasteiger partial charge in [0.25, 0.3) is 0 Å². The van der Waals surface area contributed by atoms with Crippen LogP contribution in [-0.2, 0) is 5.21 Å². The van der Waals surface area contributed by atoms with Gasteiger partial charge in [0.2, 0.25) is 0 Å². The van der Waals surface area contributed by atoms with Crippen LogP contribution in [0, 0.1) is 16.5 Å². The van der Waals surface area contributed by atoms with Crippen LogP contribution >= 0.6 is 0 Å². The van der Waals surface area contributed by atoms with Crippen LogP contribution in [0.3, 0.4) is 0 Å². The summed E-state index contributed by atoms with van der Waals surface area (Å²) in [6, 6.07) is 22.6. The quantitative estimate of drug-likeness (QED) is 0.241. The Balaban J connectivity index is 1.48. The van der Waals surface area contributed by atoms with Gasteiger partial charge >= 0.3 is 11.8 Å². The maximum atomic E-state index is 12.8. The molecule has 3 aromatic carbocycles. The average Bonchev–Trinajstić information content (AvgIpc) is 2.96. The molecule has 1 heterocycles. The van der Waals surface area contributed by atoms with Crippen LogP contribution in [0.1, 0.15) is 49.2 Å². The number of ether oxygens (including phenoxy) is 1. The molecule has 0 aromatic heterocycles. The number of hydroxylamine groups is 3. The van der Waals surface area contributed by atoms with Crippen LogP contribution in [0.4, 0.5) is 0 Å². The number of nitriles is 1. The van der Waals surface area contributed by atoms with Crippen LogP contribution in [0.25, 0.3) is 11.1 Å². The summed E-state index contributed by atoms with van der Waals surface area (Å²) in [6.45, 7) is 6.93. The summed E-state index contributed by atoms with van der Waals surface area (Å²) in [4.78, 5) is 12.6. The zero-order valence-corrected chi connectivity index (χ0v) is 19.4. The molecule has 34 heavy (non-hydrogen) atoms. The van der Waals surface area contributed by atoms with Crippen molar-refractivity contribution in [2.75, 3.05) is 0 Å². The first kappa shape index (κ1) is 23.0. The normalized spacial score (nSPS) is 16.3. The molecule has 1 aliphatic rings. The first-order valence-electron chi connectivity index (χ1n) is 10.8. The summed E-state index contributed by atoms with van der Waals surface area (Å²) < 4.78 is 6.21. The fraction of sp³-hybridized carbons (Fsp3) is 0.222. The first-order valence-corrected chi connectivity index (χ1v) is 10.8. The molecule has 7 heteroatoms. The smallest absolute Gasteiger partial charge is 0.343 e. The van der Waals surface area contributed by atoms with Crippen molar-refractivity contribution in [1.29, 1.82) is 5.26 Å². The van der Waals surface area contributed by atoms with Gasteiger partial charge in [-0.05, 0) is 87.4 Å². The van der Waals surface area contributed by atoms with Gasteiger partial charge in [-0.3, -0.25) is 4.74 Å². The van der Waals surface area contributed by atoms with E-state index in [2.05, 4.69) is 6.07 Å². The second kappa shape index (κ2) is 8.32. The van der Waals surface area contributed by atoms with E-state index in [4.69, 9.17) is 10.00 Å². The van der Waals surface area contributed by atoms with Crippen LogP contribution in [0.2, 0.25) is 0 Å². The van der Waals surface area contributed by atoms with Crippen molar-refractivity contribution in [3.8, 4) is 22.9 Å². The van der Waals surface area contributed by atoms with Gasteiger partial charge in [-0.2, -0.15) is 5.26 Å². The van der Waals surface area contributed by atoms with E-state index in [1.807, 2.05) is 24.3 Å². The summed E-state index contributed by atoms with van der Waals surface area (Å²) in [7, 11) is 0. The minimum atomic E-state index is -0.911. The summed E-state index contributed by atoms with van der Waals surface area (Å²) in [6.07, 6.45) is 0. The highest BCUT2D eigenvalue weighted by Crippen LogP contribution is 2.37. The zero-order chi connectivity index (χ0) is 24.7. The largest absolute Gasteiger partial charge is 0.714 e. The highest BCUT2D eigenvalue weighted by atomic mass is 16.5. The molecule has 0 atom stereocenters. The third-order valence-corrected chi connectivity index (χ3v) is 6.69. The van der Waals surface area contributed by atoms with Crippen molar-refractivity contribution in [3.63, 3.8) is 0 Å². The number of hydrogen-bond donors (Lipinski definition) is 0. The van der Waals surface area contributed by atoms with Gasteiger partial charge in [-0.1, -0.05) is 29.3 Å². The van der Waals surface area contributed by atoms with E-state index in [1.165, 1.54) is 12.1 Å². The molecule has 0 spiro atoms. The number of carbonyl (C=O) groups excluding carboxylic acids is 1. The van der Waals surface area contributed by atoms with Crippen LogP contribution in [0.5, 0.6) is 5.75 Å². The summed E-state index contributed by atoms with van der Waals surface area (Å²) >= 11 is 0. The highest BCUT2D eigenvalue weighted by molar-refractivity contribution is 5.98. The minimum absolute atomic E-state index is 0.0216. The predicted octanol–water partition coefficient (Wildman–Crippen LogP) is 4.92. The molecule has 1 aliphatic heterocycles. The number of hydrogen-bond acceptors (Lipinski definition) is 5. The third kappa shape index (κ3) is 3.78. The Morgan fingerprint density at radius 3 is 1.85 bits per heavy atom. The molecule has 0 unspecified atom stereocenters. The second-order valence-electron chi connectivity index (χ2n) is 9.21. The topological polar surface area (TPSA) is 99.3 Å². The van der Waals surface area contributed by atoms with Crippen LogP contribution in [-0.4, -0.2) is 32.7 Å². The Morgan fingerprint density at radius 1 is 0.882 bits per heavy atom. The fourth-order valence-electron chi connectivity index (χ4n) is 3.72. The monoisotopic (exact) mass is 454 g/mol. The maximum Gasteiger partial charge on any atom is 0.343 e. The zero-order valence-electron chi connectivity index (χ0n) is 19.4. The van der Waals surface area contributed by atoms with E-state index in [-0.39, 0.29) is 5.84 Å². The van der Waals surface area contributed by atoms with E-state index in [1.54, 1.807) is 64.1 Å². The Bertz CT molecular complexity index is 1300. The van der Waals surface area contributed by atoms with Gasteiger partial charge < -0.3 is 9.94 Å². The van der Waals surface area contributed by atoms with E-state index >= 15 is 0 Å². The third-order valence-electron chi connectivity index (χ3n) is 6.69. The van der Waals surface area contributed by atoms with Crippen molar-refractivity contribution < 1.29 is 19.5 Å². The Morgan fingerprint density at radius 2 is 1.38 bits per heavy atom. The molecule has 0 bridgehead atoms. The van der Waals surface area contributed by atoms with Crippen molar-refractivity contribution >= 4 is 11.8 Å². The lowest BCUT2D eigenvalue weighted by molar-refractivity contribution is -0.539. The number of benzene rings is 3. The van der Waals surface area contributed by atoms with Gasteiger partial charge in [0.1, 0.15) is 11.3 Å². The molecule has 0 saturated heterocycles. The average molecular weight is 455 g/mol. The van der Waals surface area contributed by atoms with Gasteiger partial charge in [0.15, 0.2) is 5.54 Å². The first-order chi connectivity index (χ1) is 16.1. The molecule has 171 valence electrons. The van der Waals surface area contributed by atoms with Gasteiger partial charge in [-0.25, -0.2) is 4.79 Å². The molecule has 1 radical (unpaired) electrons. The van der Waals surface area contributed by atoms with E-state index < -0.39 is 17.0 Å². The number of nitrogens with zero attached hydrogens (tertiary/aromatic N) is 3. The van der Waals surface area contributed by atoms with Crippen molar-refractivity contribution in [2.24, 2.45) is 0 Å². The van der Waals surface area contributed by atoms with Crippen LogP contribution in [0.15, 0.2) is 72.8 Å². The van der Waals surface area contributed by atoms with E-state index in [9.17, 15) is 15.2 Å². The van der Waals surface area contributed by atoms with Crippen molar-refractivity contribution in [2.45, 2.75) is 38.8 Å². The van der Waals surface area contributed by atoms with Gasteiger partial charge in [0.05, 0.1) is 22.8 Å². The number of esters is 1. The van der Waals surface area contributed by atoms with Crippen molar-refractivity contribution in [1.82, 2.24) is 5.06 Å². The lowest BCUT2D eigenvalue weighted by atomic mass is 9.84. The molecule has 0 aliphatic carbocycles. The Hall–Kier alpha value is -4.15. The molecule has 0 saturated carbocycles. The highest BCUT2D eigenvalue weighted by Gasteiger charge is 2.59. The molecular weight excluding hydrogens is 430 g/mol. The van der Waals surface area contributed by atoms with Crippen molar-refractivity contribution in [3.05, 3.63) is 94.7 Å². The molecule has 0 N–H and O–H groups in total. The SMILES string of the molecule is CC1(C)N([O])C(c2ccc(C(=O)Oc3ccc(-c4ccc(C#N)cc4)cc3)cc2)=[N+]([O-])C1(C)C. The fourth-order valence-corrected chi connectivity index (χ4v) is 3.72. The number of amidine groups is 1. The summed E-state index contributed by atoms with van der Waals surface area (Å²) in [5.74, 6) is -0.141. The Kier molecular flexibility index (Phi) is 5.64. The van der Waals surface area contributed by atoms with E-state index in [0.29, 0.717) is 22.4 Å². The second-order valence-corrected chi connectivity index (χ2v) is 9.21. The number of rotatable bonds is 4. The standard InChI is InChI=1S/C27H24N3O4/c1-26(2)27(3,4)30(33)24(29(26)32)21-9-11-22(12-10-21)25(31)34-23-15-13-20(14-16-23)19-7-5-18(17-28)6-8-19/h5-16H,1-4H3. The Labute approximate surface area is 198 Å². The predicted molar refractivity (Wildman–Crippen MR) is 126 cm³/mol. The molecule has 0 fully saturated rings. The summed E-state index contributed by atoms with van der Waals surface area (Å²) in [5, 5.41) is 35.3. The minimum Gasteiger partial charge on any atom is -0.714 e. The lowest BCUT2D eigenvalue weighted by Crippen LogP contribution is -2.53. The number of carbonyl (C=O) groups is 1. The molecule has 3 aromatic rings. The summed E-state index contributed by atoms with van der Waals surface area (Å²) in [5.41, 5.74) is 1.38. The molecule has 7 nitrogen and oxygen atoms in total. The van der Waals surface area contributed by atoms with Gasteiger partial charge in [-0.15, -0.1) is 0 Å². The molecule has 0 amide bonds.